The van der Waals surface area contributed by atoms with Gasteiger partial charge in [-0.2, -0.15) is 0 Å². The average molecular weight is 621 g/mol. The first-order chi connectivity index (χ1) is 23.5. The van der Waals surface area contributed by atoms with Crippen molar-refractivity contribution in [2.75, 3.05) is 0 Å². The molecule has 5 nitrogen and oxygen atoms in total. The lowest BCUT2D eigenvalue weighted by atomic mass is 9.94. The highest BCUT2D eigenvalue weighted by Gasteiger charge is 2.19. The SMILES string of the molecule is Cc1cnc(-c2cc(-c3ccccc3)cc(-c3nccc4c3nc(-c3ccccc3O)n4C)c2)cc1-c1ccc(-c2ccccc2)cc1. The van der Waals surface area contributed by atoms with E-state index in [0.29, 0.717) is 11.4 Å². The van der Waals surface area contributed by atoms with E-state index in [2.05, 4.69) is 104 Å². The number of phenolic OH excluding ortho intramolecular Hbond substituents is 1. The van der Waals surface area contributed by atoms with Gasteiger partial charge in [0.25, 0.3) is 0 Å². The highest BCUT2D eigenvalue weighted by atomic mass is 16.3. The lowest BCUT2D eigenvalue weighted by molar-refractivity contribution is 0.476. The van der Waals surface area contributed by atoms with Crippen LogP contribution in [0.5, 0.6) is 5.75 Å². The number of phenols is 1. The van der Waals surface area contributed by atoms with Gasteiger partial charge < -0.3 is 9.67 Å². The van der Waals surface area contributed by atoms with Gasteiger partial charge >= 0.3 is 0 Å². The zero-order valence-electron chi connectivity index (χ0n) is 26.7. The number of aryl methyl sites for hydroxylation is 2. The van der Waals surface area contributed by atoms with Gasteiger partial charge in [0.1, 0.15) is 17.1 Å². The second-order valence-electron chi connectivity index (χ2n) is 12.0. The number of pyridine rings is 2. The molecule has 0 aliphatic heterocycles. The fraction of sp³-hybridized carbons (Fsp3) is 0.0465. The van der Waals surface area contributed by atoms with Crippen molar-refractivity contribution in [1.29, 1.82) is 0 Å². The number of imidazole rings is 1. The van der Waals surface area contributed by atoms with Crippen LogP contribution >= 0.6 is 0 Å². The molecule has 3 heterocycles. The Morgan fingerprint density at radius 1 is 0.542 bits per heavy atom. The van der Waals surface area contributed by atoms with Gasteiger partial charge in [-0.1, -0.05) is 97.1 Å². The summed E-state index contributed by atoms with van der Waals surface area (Å²) in [6, 6.07) is 47.5. The van der Waals surface area contributed by atoms with E-state index in [4.69, 9.17) is 15.0 Å². The predicted molar refractivity (Wildman–Crippen MR) is 195 cm³/mol. The summed E-state index contributed by atoms with van der Waals surface area (Å²) in [4.78, 5) is 14.8. The lowest BCUT2D eigenvalue weighted by Gasteiger charge is -2.13. The second-order valence-corrected chi connectivity index (χ2v) is 12.0. The third kappa shape index (κ3) is 5.31. The maximum Gasteiger partial charge on any atom is 0.144 e. The maximum absolute atomic E-state index is 10.6. The van der Waals surface area contributed by atoms with Crippen molar-refractivity contribution in [1.82, 2.24) is 19.5 Å². The summed E-state index contributed by atoms with van der Waals surface area (Å²) in [5.41, 5.74) is 13.9. The molecule has 1 N–H and O–H groups in total. The third-order valence-electron chi connectivity index (χ3n) is 8.96. The van der Waals surface area contributed by atoms with Gasteiger partial charge in [0, 0.05) is 30.6 Å². The summed E-state index contributed by atoms with van der Waals surface area (Å²) in [7, 11) is 1.97. The van der Waals surface area contributed by atoms with Crippen molar-refractivity contribution in [3.8, 4) is 73.0 Å². The third-order valence-corrected chi connectivity index (χ3v) is 8.96. The second kappa shape index (κ2) is 12.1. The fourth-order valence-electron chi connectivity index (χ4n) is 6.41. The molecule has 0 bridgehead atoms. The number of aromatic nitrogens is 4. The number of hydrogen-bond acceptors (Lipinski definition) is 4. The van der Waals surface area contributed by atoms with Crippen LogP contribution in [-0.4, -0.2) is 24.6 Å². The summed E-state index contributed by atoms with van der Waals surface area (Å²) < 4.78 is 2.01. The number of hydrogen-bond donors (Lipinski definition) is 1. The van der Waals surface area contributed by atoms with E-state index in [1.165, 1.54) is 11.1 Å². The van der Waals surface area contributed by atoms with Gasteiger partial charge in [-0.25, -0.2) is 4.98 Å². The molecule has 8 aromatic rings. The molecule has 8 rings (SSSR count). The van der Waals surface area contributed by atoms with Crippen LogP contribution in [0.1, 0.15) is 5.56 Å². The van der Waals surface area contributed by atoms with Crippen molar-refractivity contribution in [3.05, 3.63) is 157 Å². The first-order valence-corrected chi connectivity index (χ1v) is 16.0. The largest absolute Gasteiger partial charge is 0.507 e. The summed E-state index contributed by atoms with van der Waals surface area (Å²) in [6.45, 7) is 2.11. The van der Waals surface area contributed by atoms with E-state index < -0.39 is 0 Å². The van der Waals surface area contributed by atoms with Crippen LogP contribution < -0.4 is 0 Å². The van der Waals surface area contributed by atoms with Crippen molar-refractivity contribution in [2.45, 2.75) is 6.92 Å². The molecule has 230 valence electrons. The van der Waals surface area contributed by atoms with Crippen LogP contribution in [0.3, 0.4) is 0 Å². The topological polar surface area (TPSA) is 63.8 Å². The minimum Gasteiger partial charge on any atom is -0.507 e. The predicted octanol–water partition coefficient (Wildman–Crippen LogP) is 10.4. The van der Waals surface area contributed by atoms with Crippen LogP contribution in [0, 0.1) is 6.92 Å². The number of benzene rings is 5. The monoisotopic (exact) mass is 620 g/mol. The Hall–Kier alpha value is -6.33. The van der Waals surface area contributed by atoms with Gasteiger partial charge in [0.05, 0.1) is 22.5 Å². The Kier molecular flexibility index (Phi) is 7.35. The molecular weight excluding hydrogens is 589 g/mol. The van der Waals surface area contributed by atoms with Crippen molar-refractivity contribution in [2.24, 2.45) is 7.05 Å². The number of rotatable bonds is 6. The minimum absolute atomic E-state index is 0.190. The molecule has 0 aliphatic rings. The van der Waals surface area contributed by atoms with Gasteiger partial charge in [-0.3, -0.25) is 9.97 Å². The lowest BCUT2D eigenvalue weighted by Crippen LogP contribution is -1.93. The normalized spacial score (nSPS) is 11.2. The van der Waals surface area contributed by atoms with Gasteiger partial charge in [-0.15, -0.1) is 0 Å². The molecule has 0 saturated carbocycles. The highest BCUT2D eigenvalue weighted by Crippen LogP contribution is 2.38. The number of fused-ring (bicyclic) bond motifs is 1. The molecule has 0 saturated heterocycles. The first-order valence-electron chi connectivity index (χ1n) is 16.0. The Morgan fingerprint density at radius 2 is 1.15 bits per heavy atom. The summed E-state index contributed by atoms with van der Waals surface area (Å²) >= 11 is 0. The molecule has 0 amide bonds. The van der Waals surface area contributed by atoms with Crippen LogP contribution in [0.15, 0.2) is 152 Å². The Labute approximate surface area is 279 Å². The van der Waals surface area contributed by atoms with E-state index >= 15 is 0 Å². The summed E-state index contributed by atoms with van der Waals surface area (Å²) in [5, 5.41) is 10.6. The Balaban J connectivity index is 1.27. The van der Waals surface area contributed by atoms with E-state index in [1.807, 2.05) is 60.4 Å². The molecule has 48 heavy (non-hydrogen) atoms. The Bertz CT molecular complexity index is 2410. The molecule has 5 aromatic carbocycles. The van der Waals surface area contributed by atoms with Crippen LogP contribution in [-0.2, 0) is 7.05 Å². The van der Waals surface area contributed by atoms with Crippen LogP contribution in [0.4, 0.5) is 0 Å². The molecule has 0 unspecified atom stereocenters. The van der Waals surface area contributed by atoms with E-state index in [9.17, 15) is 5.11 Å². The average Bonchev–Trinajstić information content (AvgIpc) is 3.48. The molecular formula is C43H32N4O. The fourth-order valence-corrected chi connectivity index (χ4v) is 6.41. The molecule has 0 spiro atoms. The van der Waals surface area contributed by atoms with Gasteiger partial charge in [-0.05, 0) is 88.3 Å². The Morgan fingerprint density at radius 3 is 1.88 bits per heavy atom. The molecule has 0 aliphatic carbocycles. The number of aromatic hydroxyl groups is 1. The molecule has 3 aromatic heterocycles. The highest BCUT2D eigenvalue weighted by molar-refractivity contribution is 5.94. The maximum atomic E-state index is 10.6. The minimum atomic E-state index is 0.190. The van der Waals surface area contributed by atoms with Crippen molar-refractivity contribution < 1.29 is 5.11 Å². The zero-order chi connectivity index (χ0) is 32.6. The van der Waals surface area contributed by atoms with Gasteiger partial charge in [0.15, 0.2) is 0 Å². The smallest absolute Gasteiger partial charge is 0.144 e. The van der Waals surface area contributed by atoms with Crippen LogP contribution in [0.2, 0.25) is 0 Å². The number of para-hydroxylation sites is 1. The first kappa shape index (κ1) is 29.1. The van der Waals surface area contributed by atoms with Crippen molar-refractivity contribution >= 4 is 11.0 Å². The van der Waals surface area contributed by atoms with E-state index in [-0.39, 0.29) is 5.75 Å². The molecule has 0 radical (unpaired) electrons. The molecule has 0 fully saturated rings. The van der Waals surface area contributed by atoms with Gasteiger partial charge in [0.2, 0.25) is 0 Å². The van der Waals surface area contributed by atoms with E-state index in [0.717, 1.165) is 61.4 Å². The van der Waals surface area contributed by atoms with Crippen LogP contribution in [0.25, 0.3) is 78.3 Å². The summed E-state index contributed by atoms with van der Waals surface area (Å²) in [6.07, 6.45) is 3.78. The zero-order valence-corrected chi connectivity index (χ0v) is 26.7. The molecule has 5 heteroatoms. The quantitative estimate of drug-likeness (QED) is 0.201. The van der Waals surface area contributed by atoms with Crippen molar-refractivity contribution in [3.63, 3.8) is 0 Å². The van der Waals surface area contributed by atoms with E-state index in [1.54, 1.807) is 6.07 Å². The summed E-state index contributed by atoms with van der Waals surface area (Å²) in [5.74, 6) is 0.870. The number of nitrogens with zero attached hydrogens (tertiary/aromatic N) is 4. The standard InChI is InChI=1S/C43H32N4O/c1-28-27-45-38(26-37(28)32-19-17-31(18-20-32)29-11-5-3-6-12-29)34-23-33(30-13-7-4-8-14-30)24-35(25-34)41-42-39(21-22-44-41)47(2)43(46-42)36-15-9-10-16-40(36)48/h3-27,48H,1-2H3. The molecule has 0 atom stereocenters.